The summed E-state index contributed by atoms with van der Waals surface area (Å²) in [7, 11) is 0. The third-order valence-electron chi connectivity index (χ3n) is 1.95. The van der Waals surface area contributed by atoms with Crippen LogP contribution >= 0.6 is 0 Å². The second kappa shape index (κ2) is 7.84. The summed E-state index contributed by atoms with van der Waals surface area (Å²) in [5.41, 5.74) is 0. The first-order chi connectivity index (χ1) is 6.22. The first-order valence-electron chi connectivity index (χ1n) is 5.04. The molecule has 0 heterocycles. The number of hydrogen-bond acceptors (Lipinski definition) is 2. The number of esters is 1. The number of hydrogen-bond donors (Lipinski definition) is 0. The van der Waals surface area contributed by atoms with Gasteiger partial charge >= 0.3 is 5.97 Å². The molecule has 0 saturated carbocycles. The van der Waals surface area contributed by atoms with E-state index >= 15 is 0 Å². The van der Waals surface area contributed by atoms with E-state index in [0.29, 0.717) is 6.61 Å². The van der Waals surface area contributed by atoms with Gasteiger partial charge in [-0.25, -0.2) is 0 Å². The lowest BCUT2D eigenvalue weighted by atomic mass is 10.1. The number of carbonyl (C=O) groups excluding carboxylic acids is 1. The topological polar surface area (TPSA) is 26.3 Å². The fourth-order valence-corrected chi connectivity index (χ4v) is 0.821. The van der Waals surface area contributed by atoms with E-state index in [4.69, 9.17) is 4.74 Å². The summed E-state index contributed by atoms with van der Waals surface area (Å²) in [5, 5.41) is 0. The third kappa shape index (κ3) is 6.38. The molecule has 0 saturated heterocycles. The largest absolute Gasteiger partial charge is 0.465 e. The van der Waals surface area contributed by atoms with Crippen molar-refractivity contribution in [1.29, 1.82) is 0 Å². The highest BCUT2D eigenvalue weighted by atomic mass is 16.5. The van der Waals surface area contributed by atoms with E-state index in [9.17, 15) is 4.79 Å². The van der Waals surface area contributed by atoms with Gasteiger partial charge in [-0.05, 0) is 19.3 Å². The summed E-state index contributed by atoms with van der Waals surface area (Å²) in [6.07, 6.45) is 6.85. The zero-order valence-electron chi connectivity index (χ0n) is 8.88. The number of rotatable bonds is 6. The molecule has 1 unspecified atom stereocenters. The Morgan fingerprint density at radius 2 is 2.08 bits per heavy atom. The highest BCUT2D eigenvalue weighted by Gasteiger charge is 2.10. The summed E-state index contributed by atoms with van der Waals surface area (Å²) in [6, 6.07) is 0. The summed E-state index contributed by atoms with van der Waals surface area (Å²) in [4.78, 5) is 11.2. The van der Waals surface area contributed by atoms with E-state index in [0.717, 1.165) is 19.3 Å². The molecular weight excluding hydrogens is 164 g/mol. The van der Waals surface area contributed by atoms with Crippen LogP contribution in [0.1, 0.15) is 40.0 Å². The summed E-state index contributed by atoms with van der Waals surface area (Å²) >= 11 is 0. The van der Waals surface area contributed by atoms with Crippen molar-refractivity contribution in [2.24, 2.45) is 5.92 Å². The molecule has 0 aliphatic heterocycles. The van der Waals surface area contributed by atoms with Gasteiger partial charge in [-0.3, -0.25) is 4.79 Å². The molecule has 13 heavy (non-hydrogen) atoms. The Morgan fingerprint density at radius 1 is 1.38 bits per heavy atom. The predicted octanol–water partition coefficient (Wildman–Crippen LogP) is 2.93. The van der Waals surface area contributed by atoms with Gasteiger partial charge < -0.3 is 4.74 Å². The van der Waals surface area contributed by atoms with Crippen LogP contribution < -0.4 is 0 Å². The molecule has 2 nitrogen and oxygen atoms in total. The van der Waals surface area contributed by atoms with Gasteiger partial charge in [0, 0.05) is 0 Å². The van der Waals surface area contributed by atoms with Crippen LogP contribution in [0.5, 0.6) is 0 Å². The van der Waals surface area contributed by atoms with Crippen LogP contribution in [0.25, 0.3) is 0 Å². The fraction of sp³-hybridized carbons (Fsp3) is 0.727. The number of carbonyl (C=O) groups is 1. The smallest absolute Gasteiger partial charge is 0.308 e. The zero-order valence-corrected chi connectivity index (χ0v) is 8.88. The Hall–Kier alpha value is -0.790. The fourth-order valence-electron chi connectivity index (χ4n) is 0.821. The second-order valence-electron chi connectivity index (χ2n) is 3.15. The molecule has 0 amide bonds. The van der Waals surface area contributed by atoms with E-state index < -0.39 is 0 Å². The highest BCUT2D eigenvalue weighted by Crippen LogP contribution is 2.03. The van der Waals surface area contributed by atoms with Crippen LogP contribution in [-0.4, -0.2) is 12.6 Å². The average Bonchev–Trinajstić information content (AvgIpc) is 2.16. The van der Waals surface area contributed by atoms with Crippen molar-refractivity contribution < 1.29 is 9.53 Å². The molecule has 0 N–H and O–H groups in total. The molecule has 0 spiro atoms. The Balaban J connectivity index is 3.42. The molecule has 76 valence electrons. The molecule has 0 aromatic heterocycles. The summed E-state index contributed by atoms with van der Waals surface area (Å²) in [5.74, 6) is -0.0393. The van der Waals surface area contributed by atoms with Crippen molar-refractivity contribution >= 4 is 5.97 Å². The van der Waals surface area contributed by atoms with Gasteiger partial charge in [-0.1, -0.05) is 32.9 Å². The minimum Gasteiger partial charge on any atom is -0.465 e. The molecule has 0 rings (SSSR count). The molecule has 0 aliphatic rings. The molecule has 1 atom stereocenters. The standard InChI is InChI=1S/C11H20O2/c1-4-6-7-8-9-13-11(12)10(3)5-2/h6-7,10H,4-5,8-9H2,1-3H3/b7-6+. The first kappa shape index (κ1) is 12.2. The molecule has 0 aliphatic carbocycles. The van der Waals surface area contributed by atoms with Crippen molar-refractivity contribution in [2.75, 3.05) is 6.61 Å². The number of allylic oxidation sites excluding steroid dienone is 1. The van der Waals surface area contributed by atoms with Gasteiger partial charge in [-0.2, -0.15) is 0 Å². The van der Waals surface area contributed by atoms with E-state index in [1.54, 1.807) is 0 Å². The van der Waals surface area contributed by atoms with Crippen LogP contribution in [0.3, 0.4) is 0 Å². The Kier molecular flexibility index (Phi) is 7.36. The van der Waals surface area contributed by atoms with Gasteiger partial charge in [0.05, 0.1) is 12.5 Å². The van der Waals surface area contributed by atoms with Crippen LogP contribution in [0.2, 0.25) is 0 Å². The number of ether oxygens (including phenoxy) is 1. The molecule has 2 heteroatoms. The van der Waals surface area contributed by atoms with Gasteiger partial charge in [0.2, 0.25) is 0 Å². The van der Waals surface area contributed by atoms with Crippen molar-refractivity contribution in [1.82, 2.24) is 0 Å². The van der Waals surface area contributed by atoms with Crippen LogP contribution in [0.15, 0.2) is 12.2 Å². The van der Waals surface area contributed by atoms with Gasteiger partial charge in [0.15, 0.2) is 0 Å². The summed E-state index contributed by atoms with van der Waals surface area (Å²) < 4.78 is 5.05. The second-order valence-corrected chi connectivity index (χ2v) is 3.15. The highest BCUT2D eigenvalue weighted by molar-refractivity contribution is 5.71. The Morgan fingerprint density at radius 3 is 2.62 bits per heavy atom. The monoisotopic (exact) mass is 184 g/mol. The van der Waals surface area contributed by atoms with Crippen LogP contribution in [0.4, 0.5) is 0 Å². The quantitative estimate of drug-likeness (QED) is 0.360. The Labute approximate surface area is 81.0 Å². The maximum absolute atomic E-state index is 11.2. The van der Waals surface area contributed by atoms with Gasteiger partial charge in [-0.15, -0.1) is 0 Å². The molecule has 0 radical (unpaired) electrons. The minimum absolute atomic E-state index is 0.0372. The SMILES string of the molecule is CC/C=C/CCOC(=O)C(C)CC. The van der Waals surface area contributed by atoms with E-state index in [1.807, 2.05) is 19.9 Å². The molecule has 0 bridgehead atoms. The van der Waals surface area contributed by atoms with Crippen molar-refractivity contribution in [3.63, 3.8) is 0 Å². The lowest BCUT2D eigenvalue weighted by molar-refractivity contribution is -0.147. The van der Waals surface area contributed by atoms with E-state index in [2.05, 4.69) is 13.0 Å². The van der Waals surface area contributed by atoms with Crippen LogP contribution in [-0.2, 0) is 9.53 Å². The maximum atomic E-state index is 11.2. The normalized spacial score (nSPS) is 13.2. The molecular formula is C11H20O2. The summed E-state index contributed by atoms with van der Waals surface area (Å²) in [6.45, 7) is 6.48. The first-order valence-corrected chi connectivity index (χ1v) is 5.04. The lowest BCUT2D eigenvalue weighted by Gasteiger charge is -2.07. The lowest BCUT2D eigenvalue weighted by Crippen LogP contribution is -2.14. The van der Waals surface area contributed by atoms with Crippen molar-refractivity contribution in [3.05, 3.63) is 12.2 Å². The van der Waals surface area contributed by atoms with E-state index in [1.165, 1.54) is 0 Å². The van der Waals surface area contributed by atoms with Gasteiger partial charge in [0.1, 0.15) is 0 Å². The van der Waals surface area contributed by atoms with Gasteiger partial charge in [0.25, 0.3) is 0 Å². The average molecular weight is 184 g/mol. The maximum Gasteiger partial charge on any atom is 0.308 e. The predicted molar refractivity (Wildman–Crippen MR) is 54.5 cm³/mol. The molecule has 0 fully saturated rings. The van der Waals surface area contributed by atoms with Crippen molar-refractivity contribution in [3.8, 4) is 0 Å². The third-order valence-corrected chi connectivity index (χ3v) is 1.95. The van der Waals surface area contributed by atoms with Crippen molar-refractivity contribution in [2.45, 2.75) is 40.0 Å². The van der Waals surface area contributed by atoms with Crippen LogP contribution in [0, 0.1) is 5.92 Å². The zero-order chi connectivity index (χ0) is 10.1. The Bertz CT molecular complexity index is 161. The molecule has 0 aromatic rings. The minimum atomic E-state index is -0.0765. The molecule has 0 aromatic carbocycles. The van der Waals surface area contributed by atoms with E-state index in [-0.39, 0.29) is 11.9 Å².